The monoisotopic (exact) mass is 297 g/mol. The molecule has 1 aromatic heterocycles. The largest absolute Gasteiger partial charge is 0.573 e. The van der Waals surface area contributed by atoms with E-state index in [2.05, 4.69) is 19.9 Å². The fraction of sp³-hybridized carbons (Fsp3) is 0.429. The van der Waals surface area contributed by atoms with Crippen molar-refractivity contribution in [1.29, 1.82) is 0 Å². The van der Waals surface area contributed by atoms with Crippen molar-refractivity contribution in [2.75, 3.05) is 0 Å². The highest BCUT2D eigenvalue weighted by Crippen LogP contribution is 2.33. The molecule has 1 aromatic carbocycles. The lowest BCUT2D eigenvalue weighted by atomic mass is 10.1. The second kappa shape index (κ2) is 5.38. The highest BCUT2D eigenvalue weighted by atomic mass is 19.4. The molecule has 1 aliphatic carbocycles. The van der Waals surface area contributed by atoms with Crippen LogP contribution in [0.25, 0.3) is 11.4 Å². The third-order valence-electron chi connectivity index (χ3n) is 3.59. The maximum absolute atomic E-state index is 12.1. The third kappa shape index (κ3) is 3.34. The topological polar surface area (TPSA) is 50.8 Å². The molecular formula is C14H14F3N3O. The molecular weight excluding hydrogens is 283 g/mol. The minimum absolute atomic E-state index is 0.252. The summed E-state index contributed by atoms with van der Waals surface area (Å²) in [6.45, 7) is 0. The molecule has 0 bridgehead atoms. The van der Waals surface area contributed by atoms with Crippen LogP contribution >= 0.6 is 0 Å². The molecule has 3 rings (SSSR count). The van der Waals surface area contributed by atoms with Crippen molar-refractivity contribution in [2.24, 2.45) is 0 Å². The van der Waals surface area contributed by atoms with Gasteiger partial charge in [0.15, 0.2) is 5.82 Å². The zero-order valence-electron chi connectivity index (χ0n) is 11.2. The van der Waals surface area contributed by atoms with E-state index in [0.29, 0.717) is 17.3 Å². The molecule has 0 atom stereocenters. The van der Waals surface area contributed by atoms with Gasteiger partial charge in [0.2, 0.25) is 0 Å². The van der Waals surface area contributed by atoms with Crippen molar-refractivity contribution in [3.8, 4) is 17.1 Å². The van der Waals surface area contributed by atoms with Gasteiger partial charge < -0.3 is 4.74 Å². The average molecular weight is 297 g/mol. The molecule has 2 aromatic rings. The minimum Gasteiger partial charge on any atom is -0.406 e. The van der Waals surface area contributed by atoms with Crippen LogP contribution in [0.15, 0.2) is 24.3 Å². The first-order chi connectivity index (χ1) is 10.0. The number of rotatable bonds is 3. The molecule has 1 fully saturated rings. The number of hydrogen-bond acceptors (Lipinski definition) is 3. The quantitative estimate of drug-likeness (QED) is 0.930. The Morgan fingerprint density at radius 2 is 1.76 bits per heavy atom. The average Bonchev–Trinajstić information content (AvgIpc) is 3.09. The van der Waals surface area contributed by atoms with Crippen molar-refractivity contribution in [1.82, 2.24) is 15.2 Å². The Kier molecular flexibility index (Phi) is 3.57. The van der Waals surface area contributed by atoms with E-state index in [4.69, 9.17) is 0 Å². The summed E-state index contributed by atoms with van der Waals surface area (Å²) in [5.41, 5.74) is 0.657. The number of alkyl halides is 3. The summed E-state index contributed by atoms with van der Waals surface area (Å²) in [7, 11) is 0. The van der Waals surface area contributed by atoms with Crippen LogP contribution in [0.4, 0.5) is 13.2 Å². The van der Waals surface area contributed by atoms with Crippen LogP contribution in [0, 0.1) is 0 Å². The number of aromatic amines is 1. The standard InChI is InChI=1S/C14H14F3N3O/c15-14(16,17)21-11-7-5-10(6-8-11)13-18-12(19-20-13)9-3-1-2-4-9/h5-9H,1-4H2,(H,18,19,20). The third-order valence-corrected chi connectivity index (χ3v) is 3.59. The van der Waals surface area contributed by atoms with Crippen molar-refractivity contribution in [3.05, 3.63) is 30.1 Å². The van der Waals surface area contributed by atoms with E-state index in [9.17, 15) is 13.2 Å². The first-order valence-corrected chi connectivity index (χ1v) is 6.80. The molecule has 1 saturated carbocycles. The molecule has 0 amide bonds. The summed E-state index contributed by atoms with van der Waals surface area (Å²) in [6, 6.07) is 5.55. The number of aromatic nitrogens is 3. The number of hydrogen-bond donors (Lipinski definition) is 1. The Hall–Kier alpha value is -2.05. The molecule has 0 spiro atoms. The lowest BCUT2D eigenvalue weighted by molar-refractivity contribution is -0.274. The number of H-pyrrole nitrogens is 1. The molecule has 0 aliphatic heterocycles. The van der Waals surface area contributed by atoms with E-state index >= 15 is 0 Å². The Morgan fingerprint density at radius 1 is 1.10 bits per heavy atom. The van der Waals surface area contributed by atoms with Gasteiger partial charge in [0.1, 0.15) is 11.6 Å². The van der Waals surface area contributed by atoms with Crippen molar-refractivity contribution >= 4 is 0 Å². The zero-order valence-corrected chi connectivity index (χ0v) is 11.2. The van der Waals surface area contributed by atoms with Crippen LogP contribution in [0.2, 0.25) is 0 Å². The summed E-state index contributed by atoms with van der Waals surface area (Å²) in [6.07, 6.45) is -0.0733. The predicted octanol–water partition coefficient (Wildman–Crippen LogP) is 4.03. The summed E-state index contributed by atoms with van der Waals surface area (Å²) in [4.78, 5) is 4.44. The Morgan fingerprint density at radius 3 is 2.38 bits per heavy atom. The summed E-state index contributed by atoms with van der Waals surface area (Å²) < 4.78 is 40.1. The van der Waals surface area contributed by atoms with Crippen molar-refractivity contribution in [2.45, 2.75) is 38.0 Å². The van der Waals surface area contributed by atoms with Crippen LogP contribution in [0.1, 0.15) is 37.4 Å². The van der Waals surface area contributed by atoms with Crippen LogP contribution in [-0.2, 0) is 0 Å². The van der Waals surface area contributed by atoms with Gasteiger partial charge in [-0.1, -0.05) is 12.8 Å². The predicted molar refractivity (Wildman–Crippen MR) is 69.7 cm³/mol. The van der Waals surface area contributed by atoms with Gasteiger partial charge in [0, 0.05) is 11.5 Å². The lowest BCUT2D eigenvalue weighted by Crippen LogP contribution is -2.16. The van der Waals surface area contributed by atoms with Gasteiger partial charge in [0.05, 0.1) is 0 Å². The molecule has 0 radical (unpaired) electrons. The van der Waals surface area contributed by atoms with Gasteiger partial charge in [-0.3, -0.25) is 5.10 Å². The van der Waals surface area contributed by atoms with Crippen LogP contribution < -0.4 is 4.74 Å². The minimum atomic E-state index is -4.68. The molecule has 1 heterocycles. The smallest absolute Gasteiger partial charge is 0.406 e. The van der Waals surface area contributed by atoms with E-state index in [1.165, 1.54) is 37.1 Å². The van der Waals surface area contributed by atoms with Crippen LogP contribution in [0.5, 0.6) is 5.75 Å². The molecule has 0 saturated heterocycles. The molecule has 112 valence electrons. The maximum atomic E-state index is 12.1. The SMILES string of the molecule is FC(F)(F)Oc1ccc(-c2n[nH]c(C3CCCC3)n2)cc1. The van der Waals surface area contributed by atoms with Gasteiger partial charge in [-0.05, 0) is 37.1 Å². The summed E-state index contributed by atoms with van der Waals surface area (Å²) in [5, 5.41) is 7.06. The van der Waals surface area contributed by atoms with Gasteiger partial charge >= 0.3 is 6.36 Å². The molecule has 21 heavy (non-hydrogen) atoms. The highest BCUT2D eigenvalue weighted by Gasteiger charge is 2.31. The molecule has 4 nitrogen and oxygen atoms in total. The number of halogens is 3. The van der Waals surface area contributed by atoms with Crippen molar-refractivity contribution < 1.29 is 17.9 Å². The number of ether oxygens (including phenoxy) is 1. The maximum Gasteiger partial charge on any atom is 0.573 e. The normalized spacial score (nSPS) is 16.3. The lowest BCUT2D eigenvalue weighted by Gasteiger charge is -2.08. The van der Waals surface area contributed by atoms with Crippen molar-refractivity contribution in [3.63, 3.8) is 0 Å². The second-order valence-corrected chi connectivity index (χ2v) is 5.10. The number of benzene rings is 1. The fourth-order valence-corrected chi connectivity index (χ4v) is 2.59. The molecule has 7 heteroatoms. The van der Waals surface area contributed by atoms with Gasteiger partial charge in [-0.25, -0.2) is 4.98 Å². The summed E-state index contributed by atoms with van der Waals surface area (Å²) in [5.74, 6) is 1.52. The van der Waals surface area contributed by atoms with E-state index in [-0.39, 0.29) is 5.75 Å². The second-order valence-electron chi connectivity index (χ2n) is 5.10. The number of nitrogens with zero attached hydrogens (tertiary/aromatic N) is 2. The fourth-order valence-electron chi connectivity index (χ4n) is 2.59. The Bertz CT molecular complexity index is 601. The van der Waals surface area contributed by atoms with E-state index in [0.717, 1.165) is 18.7 Å². The van der Waals surface area contributed by atoms with Gasteiger partial charge in [-0.15, -0.1) is 13.2 Å². The summed E-state index contributed by atoms with van der Waals surface area (Å²) >= 11 is 0. The van der Waals surface area contributed by atoms with E-state index < -0.39 is 6.36 Å². The van der Waals surface area contributed by atoms with Crippen LogP contribution in [0.3, 0.4) is 0 Å². The van der Waals surface area contributed by atoms with E-state index in [1.807, 2.05) is 0 Å². The van der Waals surface area contributed by atoms with Gasteiger partial charge in [-0.2, -0.15) is 5.10 Å². The Balaban J connectivity index is 1.74. The molecule has 1 aliphatic rings. The number of nitrogens with one attached hydrogen (secondary N) is 1. The molecule has 1 N–H and O–H groups in total. The van der Waals surface area contributed by atoms with Crippen LogP contribution in [-0.4, -0.2) is 21.5 Å². The zero-order chi connectivity index (χ0) is 14.9. The highest BCUT2D eigenvalue weighted by molar-refractivity contribution is 5.55. The first kappa shape index (κ1) is 13.9. The molecule has 0 unspecified atom stereocenters. The Labute approximate surface area is 119 Å². The van der Waals surface area contributed by atoms with Gasteiger partial charge in [0.25, 0.3) is 0 Å². The first-order valence-electron chi connectivity index (χ1n) is 6.80. The van der Waals surface area contributed by atoms with E-state index in [1.54, 1.807) is 0 Å².